The first-order valence-corrected chi connectivity index (χ1v) is 23.3. The standard InChI is InChI=1S/3C12H24O2S.C6H14O3/c3*13-12(14)10-8-6-4-2-1-3-5-7-9-11-15;1-2-6(3-7,4-8)5-9/h3*15H,1-11H2,(H,13,14);7-9H,2-5H2,1H3. The summed E-state index contributed by atoms with van der Waals surface area (Å²) >= 11 is 12.5. The van der Waals surface area contributed by atoms with Crippen molar-refractivity contribution in [3.8, 4) is 0 Å². The van der Waals surface area contributed by atoms with E-state index in [4.69, 9.17) is 30.6 Å². The van der Waals surface area contributed by atoms with Crippen LogP contribution >= 0.6 is 37.9 Å². The van der Waals surface area contributed by atoms with Gasteiger partial charge in [-0.25, -0.2) is 0 Å². The monoisotopic (exact) mass is 831 g/mol. The van der Waals surface area contributed by atoms with Crippen LogP contribution in [-0.4, -0.2) is 85.6 Å². The van der Waals surface area contributed by atoms with E-state index in [2.05, 4.69) is 37.9 Å². The van der Waals surface area contributed by atoms with Crippen molar-refractivity contribution in [2.75, 3.05) is 37.1 Å². The van der Waals surface area contributed by atoms with Gasteiger partial charge >= 0.3 is 17.9 Å². The third-order valence-electron chi connectivity index (χ3n) is 9.40. The van der Waals surface area contributed by atoms with Crippen molar-refractivity contribution < 1.29 is 45.0 Å². The number of carbonyl (C=O) groups is 3. The summed E-state index contributed by atoms with van der Waals surface area (Å²) in [6.45, 7) is 1.35. The van der Waals surface area contributed by atoms with Gasteiger partial charge in [-0.3, -0.25) is 14.4 Å². The van der Waals surface area contributed by atoms with E-state index in [1.165, 1.54) is 135 Å². The molecule has 0 atom stereocenters. The maximum atomic E-state index is 10.2. The predicted octanol–water partition coefficient (Wildman–Crippen LogP) is 11.1. The van der Waals surface area contributed by atoms with E-state index in [0.29, 0.717) is 25.7 Å². The lowest BCUT2D eigenvalue weighted by Gasteiger charge is -2.24. The zero-order chi connectivity index (χ0) is 41.4. The second kappa shape index (κ2) is 52.3. The van der Waals surface area contributed by atoms with Crippen LogP contribution in [0.15, 0.2) is 0 Å². The SMILES string of the molecule is CCC(CO)(CO)CO.O=C(O)CCCCCCCCCCCS.O=C(O)CCCCCCCCCCCS.O=C(O)CCCCCCCCCCCS. The lowest BCUT2D eigenvalue weighted by Crippen LogP contribution is -2.32. The fraction of sp³-hybridized carbons (Fsp3) is 0.929. The summed E-state index contributed by atoms with van der Waals surface area (Å²) in [5.74, 6) is 1.03. The normalized spacial score (nSPS) is 10.7. The van der Waals surface area contributed by atoms with E-state index in [0.717, 1.165) is 55.8 Å². The van der Waals surface area contributed by atoms with E-state index in [9.17, 15) is 14.4 Å². The summed E-state index contributed by atoms with van der Waals surface area (Å²) < 4.78 is 0. The van der Waals surface area contributed by atoms with Gasteiger partial charge in [-0.05, 0) is 62.2 Å². The summed E-state index contributed by atoms with van der Waals surface area (Å²) in [7, 11) is 0. The molecule has 0 aromatic heterocycles. The molecule has 12 heteroatoms. The van der Waals surface area contributed by atoms with Crippen molar-refractivity contribution in [1.82, 2.24) is 0 Å². The van der Waals surface area contributed by atoms with Gasteiger partial charge in [0.05, 0.1) is 19.8 Å². The van der Waals surface area contributed by atoms with Gasteiger partial charge in [-0.2, -0.15) is 37.9 Å². The van der Waals surface area contributed by atoms with Crippen LogP contribution in [0.5, 0.6) is 0 Å². The number of rotatable bonds is 37. The van der Waals surface area contributed by atoms with Crippen LogP contribution in [-0.2, 0) is 14.4 Å². The minimum atomic E-state index is -0.667. The number of hydrogen-bond donors (Lipinski definition) is 9. The number of hydrogen-bond acceptors (Lipinski definition) is 9. The molecule has 0 aliphatic rings. The first-order chi connectivity index (χ1) is 26.1. The Hall–Kier alpha value is -0.660. The van der Waals surface area contributed by atoms with Crippen molar-refractivity contribution in [1.29, 1.82) is 0 Å². The van der Waals surface area contributed by atoms with Crippen LogP contribution in [0.4, 0.5) is 0 Å². The maximum Gasteiger partial charge on any atom is 0.303 e. The van der Waals surface area contributed by atoms with Crippen LogP contribution in [0.3, 0.4) is 0 Å². The largest absolute Gasteiger partial charge is 0.481 e. The van der Waals surface area contributed by atoms with Gasteiger partial charge in [-0.15, -0.1) is 0 Å². The molecule has 326 valence electrons. The number of unbranched alkanes of at least 4 members (excludes halogenated alkanes) is 24. The van der Waals surface area contributed by atoms with Crippen molar-refractivity contribution >= 4 is 55.8 Å². The van der Waals surface area contributed by atoms with E-state index in [1.807, 2.05) is 6.92 Å². The highest BCUT2D eigenvalue weighted by Gasteiger charge is 2.24. The zero-order valence-corrected chi connectivity index (χ0v) is 37.1. The third kappa shape index (κ3) is 58.1. The molecule has 0 spiro atoms. The smallest absolute Gasteiger partial charge is 0.303 e. The Kier molecular flexibility index (Phi) is 58.2. The van der Waals surface area contributed by atoms with Crippen LogP contribution < -0.4 is 0 Å². The molecule has 0 aromatic carbocycles. The van der Waals surface area contributed by atoms with Gasteiger partial charge in [-0.1, -0.05) is 142 Å². The fourth-order valence-electron chi connectivity index (χ4n) is 5.36. The summed E-state index contributed by atoms with van der Waals surface area (Å²) in [5.41, 5.74) is -0.667. The molecule has 0 heterocycles. The van der Waals surface area contributed by atoms with Crippen molar-refractivity contribution in [2.45, 2.75) is 206 Å². The van der Waals surface area contributed by atoms with E-state index in [1.54, 1.807) is 0 Å². The molecule has 0 fully saturated rings. The number of thiol groups is 3. The van der Waals surface area contributed by atoms with Crippen molar-refractivity contribution in [2.24, 2.45) is 5.41 Å². The molecule has 9 nitrogen and oxygen atoms in total. The second-order valence-corrected chi connectivity index (χ2v) is 15.8. The van der Waals surface area contributed by atoms with Crippen molar-refractivity contribution in [3.63, 3.8) is 0 Å². The molecular formula is C42H86O9S3. The van der Waals surface area contributed by atoms with Crippen molar-refractivity contribution in [3.05, 3.63) is 0 Å². The second-order valence-electron chi connectivity index (χ2n) is 14.5. The van der Waals surface area contributed by atoms with Crippen LogP contribution in [0.25, 0.3) is 0 Å². The number of aliphatic hydroxyl groups excluding tert-OH is 3. The molecule has 0 bridgehead atoms. The van der Waals surface area contributed by atoms with Gasteiger partial charge in [0, 0.05) is 24.7 Å². The first-order valence-electron chi connectivity index (χ1n) is 21.4. The molecule has 0 aliphatic heterocycles. The molecule has 0 saturated heterocycles. The van der Waals surface area contributed by atoms with Gasteiger partial charge in [0.15, 0.2) is 0 Å². The molecular weight excluding hydrogens is 745 g/mol. The van der Waals surface area contributed by atoms with E-state index < -0.39 is 23.3 Å². The maximum absolute atomic E-state index is 10.2. The lowest BCUT2D eigenvalue weighted by molar-refractivity contribution is -0.138. The Morgan fingerprint density at radius 2 is 0.519 bits per heavy atom. The summed E-state index contributed by atoms with van der Waals surface area (Å²) in [5, 5.41) is 51.3. The van der Waals surface area contributed by atoms with Crippen LogP contribution in [0, 0.1) is 5.41 Å². The average Bonchev–Trinajstić information content (AvgIpc) is 3.15. The third-order valence-corrected chi connectivity index (χ3v) is 10.4. The fourth-order valence-corrected chi connectivity index (χ4v) is 6.03. The highest BCUT2D eigenvalue weighted by molar-refractivity contribution is 7.80. The molecule has 0 saturated carbocycles. The molecule has 0 aliphatic carbocycles. The van der Waals surface area contributed by atoms with E-state index in [-0.39, 0.29) is 19.8 Å². The molecule has 54 heavy (non-hydrogen) atoms. The van der Waals surface area contributed by atoms with Gasteiger partial charge in [0.2, 0.25) is 0 Å². The minimum absolute atomic E-state index is 0.156. The number of carboxylic acid groups (broad SMARTS) is 3. The molecule has 0 radical (unpaired) electrons. The number of aliphatic hydroxyl groups is 3. The number of aliphatic carboxylic acids is 3. The summed E-state index contributed by atoms with van der Waals surface area (Å²) in [4.78, 5) is 30.7. The van der Waals surface area contributed by atoms with Crippen LogP contribution in [0.1, 0.15) is 206 Å². The Balaban J connectivity index is -0.000000314. The Labute approximate surface area is 347 Å². The van der Waals surface area contributed by atoms with Gasteiger partial charge in [0.1, 0.15) is 0 Å². The topological polar surface area (TPSA) is 173 Å². The Morgan fingerprint density at radius 1 is 0.352 bits per heavy atom. The first kappa shape index (κ1) is 60.0. The highest BCUT2D eigenvalue weighted by Crippen LogP contribution is 2.18. The molecule has 0 amide bonds. The molecule has 0 aromatic rings. The Bertz CT molecular complexity index is 658. The molecule has 0 rings (SSSR count). The minimum Gasteiger partial charge on any atom is -0.481 e. The van der Waals surface area contributed by atoms with Gasteiger partial charge in [0.25, 0.3) is 0 Å². The number of carboxylic acids is 3. The summed E-state index contributed by atoms with van der Waals surface area (Å²) in [6, 6.07) is 0. The molecule has 0 unspecified atom stereocenters. The average molecular weight is 831 g/mol. The zero-order valence-electron chi connectivity index (χ0n) is 34.4. The molecule has 6 N–H and O–H groups in total. The lowest BCUT2D eigenvalue weighted by atomic mass is 9.88. The predicted molar refractivity (Wildman–Crippen MR) is 237 cm³/mol. The Morgan fingerprint density at radius 3 is 0.630 bits per heavy atom. The highest BCUT2D eigenvalue weighted by atomic mass is 32.1. The van der Waals surface area contributed by atoms with Gasteiger partial charge < -0.3 is 30.6 Å². The summed E-state index contributed by atoms with van der Waals surface area (Å²) in [6.07, 6.45) is 34.2. The van der Waals surface area contributed by atoms with Crippen LogP contribution in [0.2, 0.25) is 0 Å². The quantitative estimate of drug-likeness (QED) is 0.0218. The van der Waals surface area contributed by atoms with E-state index >= 15 is 0 Å².